The minimum atomic E-state index is -3.91. The molecule has 0 unspecified atom stereocenters. The summed E-state index contributed by atoms with van der Waals surface area (Å²) < 4.78 is 42.0. The van der Waals surface area contributed by atoms with E-state index in [0.29, 0.717) is 22.7 Å². The van der Waals surface area contributed by atoms with Crippen LogP contribution in [-0.2, 0) is 21.3 Å². The fourth-order valence-electron chi connectivity index (χ4n) is 2.75. The van der Waals surface area contributed by atoms with Crippen LogP contribution in [-0.4, -0.2) is 50.1 Å². The first-order valence-corrected chi connectivity index (χ1v) is 10.3. The zero-order valence-electron chi connectivity index (χ0n) is 16.9. The highest BCUT2D eigenvalue weighted by atomic mass is 32.2. The van der Waals surface area contributed by atoms with Crippen molar-refractivity contribution in [2.24, 2.45) is 0 Å². The van der Waals surface area contributed by atoms with E-state index < -0.39 is 16.0 Å². The Morgan fingerprint density at radius 3 is 2.63 bits per heavy atom. The van der Waals surface area contributed by atoms with E-state index >= 15 is 0 Å². The number of nitrogens with zero attached hydrogens (tertiary/aromatic N) is 3. The Kier molecular flexibility index (Phi) is 6.18. The highest BCUT2D eigenvalue weighted by Gasteiger charge is 2.25. The van der Waals surface area contributed by atoms with Crippen LogP contribution in [0, 0.1) is 6.92 Å². The molecule has 0 saturated carbocycles. The molecule has 30 heavy (non-hydrogen) atoms. The normalized spacial score (nSPS) is 11.5. The first-order chi connectivity index (χ1) is 14.3. The number of rotatable bonds is 7. The number of aryl methyl sites for hydroxylation is 1. The molecule has 3 rings (SSSR count). The second-order valence-electron chi connectivity index (χ2n) is 6.47. The Balaban J connectivity index is 1.83. The molecule has 158 valence electrons. The molecule has 0 aliphatic rings. The van der Waals surface area contributed by atoms with Crippen LogP contribution in [0.25, 0.3) is 11.4 Å². The molecule has 3 aromatic rings. The molecule has 9 nitrogen and oxygen atoms in total. The summed E-state index contributed by atoms with van der Waals surface area (Å²) in [5, 5.41) is 3.91. The van der Waals surface area contributed by atoms with Crippen LogP contribution >= 0.6 is 0 Å². The van der Waals surface area contributed by atoms with E-state index in [-0.39, 0.29) is 22.9 Å². The van der Waals surface area contributed by atoms with Gasteiger partial charge in [-0.25, -0.2) is 13.2 Å². The van der Waals surface area contributed by atoms with Gasteiger partial charge < -0.3 is 14.0 Å². The van der Waals surface area contributed by atoms with Gasteiger partial charge in [-0.2, -0.15) is 9.29 Å². The van der Waals surface area contributed by atoms with Crippen molar-refractivity contribution in [2.75, 3.05) is 21.3 Å². The predicted molar refractivity (Wildman–Crippen MR) is 107 cm³/mol. The van der Waals surface area contributed by atoms with E-state index in [9.17, 15) is 13.2 Å². The van der Waals surface area contributed by atoms with Crippen molar-refractivity contribution < 1.29 is 27.2 Å². The molecule has 0 atom stereocenters. The van der Waals surface area contributed by atoms with E-state index in [1.807, 2.05) is 0 Å². The van der Waals surface area contributed by atoms with Crippen LogP contribution in [0.15, 0.2) is 51.9 Å². The third kappa shape index (κ3) is 4.34. The number of hydrogen-bond donors (Lipinski definition) is 0. The lowest BCUT2D eigenvalue weighted by molar-refractivity contribution is 0.0599. The number of benzene rings is 2. The van der Waals surface area contributed by atoms with Crippen molar-refractivity contribution in [3.63, 3.8) is 0 Å². The van der Waals surface area contributed by atoms with Crippen LogP contribution in [0.4, 0.5) is 0 Å². The Morgan fingerprint density at radius 1 is 1.17 bits per heavy atom. The molecular weight excluding hydrogens is 410 g/mol. The van der Waals surface area contributed by atoms with Crippen LogP contribution in [0.3, 0.4) is 0 Å². The SMILES string of the molecule is COC(=O)c1cc(S(=O)(=O)N(C)Cc2nc(-c3cccc(OC)c3)no2)ccc1C. The molecular formula is C20H21N3O6S. The van der Waals surface area contributed by atoms with Crippen molar-refractivity contribution in [3.8, 4) is 17.1 Å². The molecule has 0 N–H and O–H groups in total. The number of carbonyl (C=O) groups excluding carboxylic acids is 1. The molecule has 0 radical (unpaired) electrons. The molecule has 0 amide bonds. The molecule has 0 bridgehead atoms. The van der Waals surface area contributed by atoms with E-state index in [2.05, 4.69) is 10.1 Å². The van der Waals surface area contributed by atoms with Crippen LogP contribution in [0.1, 0.15) is 21.8 Å². The van der Waals surface area contributed by atoms with Gasteiger partial charge in [0.15, 0.2) is 0 Å². The Bertz CT molecular complexity index is 1170. The topological polar surface area (TPSA) is 112 Å². The zero-order valence-corrected chi connectivity index (χ0v) is 17.8. The summed E-state index contributed by atoms with van der Waals surface area (Å²) in [7, 11) is 0.278. The van der Waals surface area contributed by atoms with Crippen LogP contribution in [0.2, 0.25) is 0 Å². The van der Waals surface area contributed by atoms with Gasteiger partial charge in [-0.3, -0.25) is 0 Å². The maximum Gasteiger partial charge on any atom is 0.338 e. The summed E-state index contributed by atoms with van der Waals surface area (Å²) in [6.07, 6.45) is 0. The summed E-state index contributed by atoms with van der Waals surface area (Å²) >= 11 is 0. The summed E-state index contributed by atoms with van der Waals surface area (Å²) in [5.74, 6) is 0.476. The van der Waals surface area contributed by atoms with Crippen molar-refractivity contribution in [1.29, 1.82) is 0 Å². The zero-order chi connectivity index (χ0) is 21.9. The quantitative estimate of drug-likeness (QED) is 0.525. The van der Waals surface area contributed by atoms with Gasteiger partial charge in [0.25, 0.3) is 0 Å². The number of esters is 1. The number of hydrogen-bond acceptors (Lipinski definition) is 8. The van der Waals surface area contributed by atoms with Crippen LogP contribution in [0.5, 0.6) is 5.75 Å². The van der Waals surface area contributed by atoms with Gasteiger partial charge in [-0.15, -0.1) is 0 Å². The molecule has 0 aliphatic carbocycles. The smallest absolute Gasteiger partial charge is 0.338 e. The van der Waals surface area contributed by atoms with Gasteiger partial charge in [-0.05, 0) is 36.8 Å². The molecule has 1 heterocycles. The fraction of sp³-hybridized carbons (Fsp3) is 0.250. The van der Waals surface area contributed by atoms with Crippen molar-refractivity contribution in [2.45, 2.75) is 18.4 Å². The lowest BCUT2D eigenvalue weighted by Crippen LogP contribution is -2.27. The van der Waals surface area contributed by atoms with Gasteiger partial charge in [0.1, 0.15) is 5.75 Å². The lowest BCUT2D eigenvalue weighted by atomic mass is 10.1. The number of carbonyl (C=O) groups is 1. The first-order valence-electron chi connectivity index (χ1n) is 8.88. The average molecular weight is 431 g/mol. The molecule has 0 saturated heterocycles. The van der Waals surface area contributed by atoms with E-state index in [4.69, 9.17) is 14.0 Å². The Hall–Kier alpha value is -3.24. The third-order valence-corrected chi connectivity index (χ3v) is 6.28. The van der Waals surface area contributed by atoms with Gasteiger partial charge in [-0.1, -0.05) is 23.4 Å². The monoisotopic (exact) mass is 431 g/mol. The van der Waals surface area contributed by atoms with Crippen molar-refractivity contribution >= 4 is 16.0 Å². The average Bonchev–Trinajstić information content (AvgIpc) is 3.21. The summed E-state index contributed by atoms with van der Waals surface area (Å²) in [5.41, 5.74) is 1.48. The number of methoxy groups -OCH3 is 2. The Labute approximate surface area is 174 Å². The third-order valence-electron chi connectivity index (χ3n) is 4.48. The standard InChI is InChI=1S/C20H21N3O6S/c1-13-8-9-16(11-17(13)20(24)28-4)30(25,26)23(2)12-18-21-19(22-29-18)14-6-5-7-15(10-14)27-3/h5-11H,12H2,1-4H3. The summed E-state index contributed by atoms with van der Waals surface area (Å²) in [6.45, 7) is 1.56. The number of ether oxygens (including phenoxy) is 2. The van der Waals surface area contributed by atoms with Gasteiger partial charge in [0, 0.05) is 12.6 Å². The fourth-order valence-corrected chi connectivity index (χ4v) is 3.89. The van der Waals surface area contributed by atoms with E-state index in [1.165, 1.54) is 26.3 Å². The van der Waals surface area contributed by atoms with Gasteiger partial charge >= 0.3 is 5.97 Å². The molecule has 1 aromatic heterocycles. The molecule has 0 fully saturated rings. The first kappa shape index (κ1) is 21.5. The minimum absolute atomic E-state index is 0.0384. The summed E-state index contributed by atoms with van der Waals surface area (Å²) in [6, 6.07) is 11.4. The number of aromatic nitrogens is 2. The largest absolute Gasteiger partial charge is 0.497 e. The van der Waals surface area contributed by atoms with Gasteiger partial charge in [0.2, 0.25) is 21.7 Å². The Morgan fingerprint density at radius 2 is 1.93 bits per heavy atom. The highest BCUT2D eigenvalue weighted by molar-refractivity contribution is 7.89. The highest BCUT2D eigenvalue weighted by Crippen LogP contribution is 2.23. The van der Waals surface area contributed by atoms with Crippen LogP contribution < -0.4 is 4.74 Å². The summed E-state index contributed by atoms with van der Waals surface area (Å²) in [4.78, 5) is 16.1. The van der Waals surface area contributed by atoms with Gasteiger partial charge in [0.05, 0.1) is 31.2 Å². The van der Waals surface area contributed by atoms with E-state index in [0.717, 1.165) is 4.31 Å². The second-order valence-corrected chi connectivity index (χ2v) is 8.52. The van der Waals surface area contributed by atoms with E-state index in [1.54, 1.807) is 44.4 Å². The second kappa shape index (κ2) is 8.64. The van der Waals surface area contributed by atoms with Crippen molar-refractivity contribution in [3.05, 3.63) is 59.5 Å². The number of sulfonamides is 1. The molecule has 2 aromatic carbocycles. The maximum atomic E-state index is 12.9. The molecule has 0 aliphatic heterocycles. The molecule has 10 heteroatoms. The van der Waals surface area contributed by atoms with Crippen molar-refractivity contribution in [1.82, 2.24) is 14.4 Å². The molecule has 0 spiro atoms. The lowest BCUT2D eigenvalue weighted by Gasteiger charge is -2.16. The predicted octanol–water partition coefficient (Wildman–Crippen LogP) is 2.66. The maximum absolute atomic E-state index is 12.9. The minimum Gasteiger partial charge on any atom is -0.497 e.